The molecular weight excluding hydrogens is 919 g/mol. The number of hydrogen-bond acceptors (Lipinski definition) is 6. The zero-order valence-electron chi connectivity index (χ0n) is 39.6. The lowest BCUT2D eigenvalue weighted by Crippen LogP contribution is -2.14. The lowest BCUT2D eigenvalue weighted by Gasteiger charge is -2.31. The van der Waals surface area contributed by atoms with Crippen molar-refractivity contribution >= 4 is 65.4 Å². The van der Waals surface area contributed by atoms with Crippen LogP contribution in [-0.4, -0.2) is 13.7 Å². The third-order valence-electron chi connectivity index (χ3n) is 14.3. The van der Waals surface area contributed by atoms with Gasteiger partial charge < -0.3 is 13.7 Å². The van der Waals surface area contributed by atoms with Gasteiger partial charge in [-0.05, 0) is 102 Å². The van der Waals surface area contributed by atoms with Gasteiger partial charge in [0.05, 0.1) is 120 Å². The third-order valence-corrected chi connectivity index (χ3v) is 14.3. The van der Waals surface area contributed by atoms with Crippen molar-refractivity contribution < 1.29 is 0 Å². The Labute approximate surface area is 429 Å². The van der Waals surface area contributed by atoms with Crippen molar-refractivity contribution in [1.82, 2.24) is 13.7 Å². The Kier molecular flexibility index (Phi) is 9.96. The van der Waals surface area contributed by atoms with Crippen LogP contribution in [0, 0.1) is 68.0 Å². The van der Waals surface area contributed by atoms with E-state index in [-0.39, 0.29) is 27.8 Å². The van der Waals surface area contributed by atoms with Crippen LogP contribution in [-0.2, 0) is 0 Å². The number of hydrogen-bond donors (Lipinski definition) is 0. The van der Waals surface area contributed by atoms with Gasteiger partial charge in [-0.25, -0.2) is 0 Å². The van der Waals surface area contributed by atoms with Gasteiger partial charge in [0, 0.05) is 54.6 Å². The first kappa shape index (κ1) is 43.6. The summed E-state index contributed by atoms with van der Waals surface area (Å²) in [6.45, 7) is 0. The molecule has 13 aromatic rings. The fraction of sp³-hybridized carbons (Fsp3) is 0. The van der Waals surface area contributed by atoms with Gasteiger partial charge in [0.2, 0.25) is 0 Å². The second kappa shape index (κ2) is 17.1. The van der Waals surface area contributed by atoms with E-state index in [0.29, 0.717) is 56.0 Å². The minimum atomic E-state index is 0.238. The number of nitriles is 6. The maximum Gasteiger partial charge on any atom is 0.0998 e. The smallest absolute Gasteiger partial charge is 0.0998 e. The molecule has 342 valence electrons. The third kappa shape index (κ3) is 6.52. The van der Waals surface area contributed by atoms with Gasteiger partial charge in [-0.2, -0.15) is 31.6 Å². The molecule has 0 radical (unpaired) electrons. The van der Waals surface area contributed by atoms with Crippen molar-refractivity contribution in [2.45, 2.75) is 0 Å². The first-order chi connectivity index (χ1) is 37.0. The molecule has 13 rings (SSSR count). The fourth-order valence-electron chi connectivity index (χ4n) is 11.4. The van der Waals surface area contributed by atoms with Crippen molar-refractivity contribution in [2.24, 2.45) is 0 Å². The predicted octanol–water partition coefficient (Wildman–Crippen LogP) is 15.2. The van der Waals surface area contributed by atoms with Gasteiger partial charge in [-0.3, -0.25) is 0 Å². The normalized spacial score (nSPS) is 11.1. The van der Waals surface area contributed by atoms with Gasteiger partial charge in [0.25, 0.3) is 0 Å². The standard InChI is InChI=1S/C66H33N9/c67-34-40-25-26-45(39-72)54(33-40)63-65(74-57-21-9-3-15-50(57)51-16-4-10-22-58(51)74)61(46-29-41(35-68)27-42(30-46)36-69)64(73-55-19-7-1-13-48(55)49-14-2-8-20-56(49)73)62(47-31-43(37-70)28-44(32-47)38-71)66(63)75-59-23-11-5-17-52(59)53-18-6-12-24-60(53)75/h1-33H. The summed E-state index contributed by atoms with van der Waals surface area (Å²) < 4.78 is 6.65. The van der Waals surface area contributed by atoms with Crippen LogP contribution in [0.25, 0.3) is 116 Å². The highest BCUT2D eigenvalue weighted by Crippen LogP contribution is 2.55. The lowest BCUT2D eigenvalue weighted by molar-refractivity contribution is 1.10. The van der Waals surface area contributed by atoms with Gasteiger partial charge >= 0.3 is 0 Å². The Bertz CT molecular complexity index is 4480. The predicted molar refractivity (Wildman–Crippen MR) is 294 cm³/mol. The molecule has 0 N–H and O–H groups in total. The summed E-state index contributed by atoms with van der Waals surface area (Å²) in [6, 6.07) is 78.6. The Hall–Kier alpha value is -11.5. The molecule has 3 heterocycles. The Balaban J connectivity index is 1.48. The summed E-state index contributed by atoms with van der Waals surface area (Å²) in [5.74, 6) is 0. The monoisotopic (exact) mass is 951 g/mol. The number of aromatic nitrogens is 3. The van der Waals surface area contributed by atoms with Crippen molar-refractivity contribution in [2.75, 3.05) is 0 Å². The molecular formula is C66H33N9. The van der Waals surface area contributed by atoms with E-state index in [4.69, 9.17) is 0 Å². The van der Waals surface area contributed by atoms with Crippen LogP contribution in [0.2, 0.25) is 0 Å². The van der Waals surface area contributed by atoms with Crippen LogP contribution < -0.4 is 0 Å². The van der Waals surface area contributed by atoms with E-state index in [1.165, 1.54) is 0 Å². The molecule has 0 atom stereocenters. The molecule has 0 saturated carbocycles. The number of benzene rings is 10. The van der Waals surface area contributed by atoms with E-state index < -0.39 is 0 Å². The highest BCUT2D eigenvalue weighted by Gasteiger charge is 2.35. The van der Waals surface area contributed by atoms with E-state index in [2.05, 4.69) is 123 Å². The minimum absolute atomic E-state index is 0.238. The largest absolute Gasteiger partial charge is 0.308 e. The molecule has 9 nitrogen and oxygen atoms in total. The SMILES string of the molecule is N#Cc1cc(C#N)cc(-c2c(-n3c4ccccc4c4ccccc43)c(-c3cc(C#N)cc(C#N)c3)c(-n3c4ccccc4c4ccccc43)c(-c3cc(C#N)ccc3C#N)c2-n2c3ccccc3c3ccccc32)c1. The average molecular weight is 952 g/mol. The zero-order valence-corrected chi connectivity index (χ0v) is 39.6. The molecule has 75 heavy (non-hydrogen) atoms. The van der Waals surface area contributed by atoms with Crippen LogP contribution in [0.5, 0.6) is 0 Å². The molecule has 0 fully saturated rings. The fourth-order valence-corrected chi connectivity index (χ4v) is 11.4. The van der Waals surface area contributed by atoms with Crippen LogP contribution in [0.15, 0.2) is 200 Å². The molecule has 0 amide bonds. The van der Waals surface area contributed by atoms with Gasteiger partial charge in [0.15, 0.2) is 0 Å². The van der Waals surface area contributed by atoms with Crippen molar-refractivity contribution in [1.29, 1.82) is 31.6 Å². The second-order valence-electron chi connectivity index (χ2n) is 18.3. The van der Waals surface area contributed by atoms with Crippen LogP contribution in [0.1, 0.15) is 33.4 Å². The van der Waals surface area contributed by atoms with E-state index in [1.54, 1.807) is 54.6 Å². The quantitative estimate of drug-likeness (QED) is 0.161. The van der Waals surface area contributed by atoms with Gasteiger partial charge in [0.1, 0.15) is 0 Å². The second-order valence-corrected chi connectivity index (χ2v) is 18.3. The van der Waals surface area contributed by atoms with E-state index in [1.807, 2.05) is 72.8 Å². The maximum absolute atomic E-state index is 11.5. The summed E-state index contributed by atoms with van der Waals surface area (Å²) >= 11 is 0. The van der Waals surface area contributed by atoms with Crippen molar-refractivity contribution in [3.63, 3.8) is 0 Å². The topological polar surface area (TPSA) is 158 Å². The first-order valence-corrected chi connectivity index (χ1v) is 24.0. The first-order valence-electron chi connectivity index (χ1n) is 24.0. The molecule has 10 aromatic carbocycles. The molecule has 0 aliphatic carbocycles. The summed E-state index contributed by atoms with van der Waals surface area (Å²) in [4.78, 5) is 0. The highest BCUT2D eigenvalue weighted by molar-refractivity contribution is 6.18. The molecule has 0 saturated heterocycles. The molecule has 9 heteroatoms. The Morgan fingerprint density at radius 2 is 0.533 bits per heavy atom. The van der Waals surface area contributed by atoms with E-state index in [9.17, 15) is 31.6 Å². The highest BCUT2D eigenvalue weighted by atomic mass is 15.1. The summed E-state index contributed by atoms with van der Waals surface area (Å²) in [6.07, 6.45) is 0. The molecule has 0 bridgehead atoms. The Morgan fingerprint density at radius 3 is 0.813 bits per heavy atom. The van der Waals surface area contributed by atoms with E-state index in [0.717, 1.165) is 65.4 Å². The van der Waals surface area contributed by atoms with Gasteiger partial charge in [-0.15, -0.1) is 0 Å². The van der Waals surface area contributed by atoms with Crippen molar-refractivity contribution in [3.8, 4) is 86.9 Å². The average Bonchev–Trinajstić information content (AvgIpc) is 4.12. The van der Waals surface area contributed by atoms with Gasteiger partial charge in [-0.1, -0.05) is 109 Å². The Morgan fingerprint density at radius 1 is 0.253 bits per heavy atom. The molecule has 0 spiro atoms. The zero-order chi connectivity index (χ0) is 50.9. The number of nitrogens with zero attached hydrogens (tertiary/aromatic N) is 9. The van der Waals surface area contributed by atoms with Crippen molar-refractivity contribution in [3.05, 3.63) is 234 Å². The number of para-hydroxylation sites is 6. The number of fused-ring (bicyclic) bond motifs is 9. The van der Waals surface area contributed by atoms with Crippen LogP contribution in [0.4, 0.5) is 0 Å². The molecule has 0 aliphatic rings. The summed E-state index contributed by atoms with van der Waals surface area (Å²) in [7, 11) is 0. The summed E-state index contributed by atoms with van der Waals surface area (Å²) in [5.41, 5.74) is 11.3. The minimum Gasteiger partial charge on any atom is -0.308 e. The summed E-state index contributed by atoms with van der Waals surface area (Å²) in [5, 5.41) is 71.5. The number of rotatable bonds is 6. The molecule has 0 unspecified atom stereocenters. The van der Waals surface area contributed by atoms with Crippen LogP contribution >= 0.6 is 0 Å². The van der Waals surface area contributed by atoms with Crippen LogP contribution in [0.3, 0.4) is 0 Å². The molecule has 3 aromatic heterocycles. The lowest BCUT2D eigenvalue weighted by atomic mass is 9.83. The van der Waals surface area contributed by atoms with E-state index >= 15 is 0 Å². The molecule has 0 aliphatic heterocycles. The maximum atomic E-state index is 11.5.